The summed E-state index contributed by atoms with van der Waals surface area (Å²) in [5.41, 5.74) is -0.795. The third-order valence-electron chi connectivity index (χ3n) is 4.50. The van der Waals surface area contributed by atoms with Gasteiger partial charge in [0.1, 0.15) is 29.0 Å². The maximum Gasteiger partial charge on any atom is 0.416 e. The Morgan fingerprint density at radius 1 is 0.939 bits per heavy atom. The summed E-state index contributed by atoms with van der Waals surface area (Å²) in [4.78, 5) is 35.2. The van der Waals surface area contributed by atoms with Crippen molar-refractivity contribution < 1.29 is 22.4 Å². The summed E-state index contributed by atoms with van der Waals surface area (Å²) < 4.78 is 52.2. The van der Waals surface area contributed by atoms with Crippen molar-refractivity contribution in [3.8, 4) is 0 Å². The van der Waals surface area contributed by atoms with Crippen LogP contribution in [0.3, 0.4) is 0 Å². The number of amides is 2. The molecule has 0 aliphatic heterocycles. The molecule has 8 nitrogen and oxygen atoms in total. The van der Waals surface area contributed by atoms with Crippen LogP contribution in [0.1, 0.15) is 5.56 Å². The van der Waals surface area contributed by atoms with Crippen LogP contribution in [0, 0.1) is 5.82 Å². The summed E-state index contributed by atoms with van der Waals surface area (Å²) in [5.74, 6) is -0.731. The minimum atomic E-state index is -4.68. The van der Waals surface area contributed by atoms with E-state index in [4.69, 9.17) is 0 Å². The van der Waals surface area contributed by atoms with Crippen LogP contribution in [0.4, 0.5) is 45.2 Å². The average Bonchev–Trinajstić information content (AvgIpc) is 2.76. The average molecular weight is 458 g/mol. The minimum absolute atomic E-state index is 0.268. The zero-order chi connectivity index (χ0) is 23.6. The highest BCUT2D eigenvalue weighted by molar-refractivity contribution is 6.00. The normalized spacial score (nSPS) is 11.3. The largest absolute Gasteiger partial charge is 0.416 e. The van der Waals surface area contributed by atoms with E-state index in [1.807, 2.05) is 0 Å². The van der Waals surface area contributed by atoms with E-state index in [9.17, 15) is 27.2 Å². The third kappa shape index (κ3) is 4.89. The molecule has 4 N–H and O–H groups in total. The molecule has 0 unspecified atom stereocenters. The van der Waals surface area contributed by atoms with Crippen molar-refractivity contribution >= 4 is 39.9 Å². The molecule has 0 saturated heterocycles. The first-order valence-electron chi connectivity index (χ1n) is 9.35. The molecule has 2 aromatic heterocycles. The van der Waals surface area contributed by atoms with E-state index in [-0.39, 0.29) is 22.3 Å². The number of halogens is 4. The van der Waals surface area contributed by atoms with Crippen LogP contribution in [-0.4, -0.2) is 21.0 Å². The van der Waals surface area contributed by atoms with Crippen LogP contribution < -0.4 is 21.4 Å². The molecular formula is C21H14F4N6O2. The molecule has 12 heteroatoms. The van der Waals surface area contributed by atoms with Gasteiger partial charge in [0, 0.05) is 23.6 Å². The van der Waals surface area contributed by atoms with Crippen LogP contribution in [-0.2, 0) is 6.18 Å². The molecule has 2 amide bonds. The Morgan fingerprint density at radius 3 is 2.39 bits per heavy atom. The number of alkyl halides is 3. The number of nitrogens with one attached hydrogen (secondary N) is 4. The lowest BCUT2D eigenvalue weighted by Gasteiger charge is -2.12. The Bertz CT molecular complexity index is 1380. The van der Waals surface area contributed by atoms with E-state index < -0.39 is 29.3 Å². The number of carbonyl (C=O) groups excluding carboxylic acids is 1. The summed E-state index contributed by atoms with van der Waals surface area (Å²) in [6.07, 6.45) is -1.92. The maximum atomic E-state index is 13.8. The first-order valence-corrected chi connectivity index (χ1v) is 9.35. The molecule has 0 saturated carbocycles. The number of rotatable bonds is 4. The lowest BCUT2D eigenvalue weighted by atomic mass is 10.2. The van der Waals surface area contributed by atoms with Gasteiger partial charge in [0.15, 0.2) is 5.43 Å². The van der Waals surface area contributed by atoms with E-state index >= 15 is 0 Å². The lowest BCUT2D eigenvalue weighted by molar-refractivity contribution is -0.137. The van der Waals surface area contributed by atoms with Gasteiger partial charge in [-0.3, -0.25) is 4.79 Å². The number of hydrogen-bond acceptors (Lipinski definition) is 5. The number of carbonyl (C=O) groups is 1. The summed E-state index contributed by atoms with van der Waals surface area (Å²) in [6, 6.07) is 8.28. The Hall–Kier alpha value is -4.48. The van der Waals surface area contributed by atoms with Crippen molar-refractivity contribution in [2.24, 2.45) is 0 Å². The maximum absolute atomic E-state index is 13.8. The Kier molecular flexibility index (Phi) is 5.65. The first kappa shape index (κ1) is 21.7. The number of pyridine rings is 1. The molecule has 0 spiro atoms. The second kappa shape index (κ2) is 8.57. The molecule has 0 atom stereocenters. The molecule has 33 heavy (non-hydrogen) atoms. The van der Waals surface area contributed by atoms with Crippen LogP contribution >= 0.6 is 0 Å². The lowest BCUT2D eigenvalue weighted by Crippen LogP contribution is -2.20. The number of urea groups is 1. The Balaban J connectivity index is 1.46. The van der Waals surface area contributed by atoms with Crippen molar-refractivity contribution in [2.75, 3.05) is 16.0 Å². The van der Waals surface area contributed by atoms with Crippen molar-refractivity contribution in [3.05, 3.63) is 82.7 Å². The highest BCUT2D eigenvalue weighted by atomic mass is 19.4. The van der Waals surface area contributed by atoms with Gasteiger partial charge in [-0.2, -0.15) is 13.2 Å². The van der Waals surface area contributed by atoms with E-state index in [2.05, 4.69) is 30.9 Å². The molecule has 0 bridgehead atoms. The number of aromatic nitrogens is 3. The highest BCUT2D eigenvalue weighted by Gasteiger charge is 2.31. The summed E-state index contributed by atoms with van der Waals surface area (Å²) in [7, 11) is 0. The van der Waals surface area contributed by atoms with Gasteiger partial charge in [0.2, 0.25) is 0 Å². The minimum Gasteiger partial charge on any atom is -0.346 e. The predicted molar refractivity (Wildman–Crippen MR) is 114 cm³/mol. The van der Waals surface area contributed by atoms with Crippen molar-refractivity contribution in [3.63, 3.8) is 0 Å². The van der Waals surface area contributed by atoms with Gasteiger partial charge in [-0.15, -0.1) is 0 Å². The summed E-state index contributed by atoms with van der Waals surface area (Å²) >= 11 is 0. The van der Waals surface area contributed by atoms with Gasteiger partial charge in [0.25, 0.3) is 0 Å². The monoisotopic (exact) mass is 458 g/mol. The molecule has 2 heterocycles. The predicted octanol–water partition coefficient (Wildman–Crippen LogP) is 4.86. The second-order valence-electron chi connectivity index (χ2n) is 6.76. The van der Waals surface area contributed by atoms with Gasteiger partial charge in [-0.25, -0.2) is 19.2 Å². The zero-order valence-electron chi connectivity index (χ0n) is 16.5. The zero-order valence-corrected chi connectivity index (χ0v) is 16.5. The fourth-order valence-electron chi connectivity index (χ4n) is 2.96. The summed E-state index contributed by atoms with van der Waals surface area (Å²) in [6.45, 7) is 0. The van der Waals surface area contributed by atoms with E-state index in [1.165, 1.54) is 30.7 Å². The molecule has 0 radical (unpaired) electrons. The standard InChI is InChI=1S/C21H14F4N6O2/c22-14-6-1-11(21(23,24)25)9-15(14)31-20(33)30-13-4-2-12(3-5-13)29-19-17-16(32)7-8-26-18(17)27-10-28-19/h1-10H,(H2,30,31,33)(H2,26,27,28,29,32). The number of H-pyrrole nitrogens is 1. The van der Waals surface area contributed by atoms with Crippen molar-refractivity contribution in [1.82, 2.24) is 15.0 Å². The van der Waals surface area contributed by atoms with Crippen LogP contribution in [0.2, 0.25) is 0 Å². The third-order valence-corrected chi connectivity index (χ3v) is 4.50. The first-order chi connectivity index (χ1) is 15.7. The van der Waals surface area contributed by atoms with Crippen LogP contribution in [0.15, 0.2) is 65.8 Å². The van der Waals surface area contributed by atoms with E-state index in [0.717, 1.165) is 0 Å². The van der Waals surface area contributed by atoms with Gasteiger partial charge in [-0.05, 0) is 42.5 Å². The number of fused-ring (bicyclic) bond motifs is 1. The van der Waals surface area contributed by atoms with Crippen molar-refractivity contribution in [1.29, 1.82) is 0 Å². The smallest absolute Gasteiger partial charge is 0.346 e. The number of nitrogens with zero attached hydrogens (tertiary/aromatic N) is 2. The van der Waals surface area contributed by atoms with Crippen LogP contribution in [0.25, 0.3) is 11.0 Å². The number of aromatic amines is 1. The molecular weight excluding hydrogens is 444 g/mol. The Morgan fingerprint density at radius 2 is 1.67 bits per heavy atom. The van der Waals surface area contributed by atoms with Gasteiger partial charge in [-0.1, -0.05) is 0 Å². The van der Waals surface area contributed by atoms with Crippen molar-refractivity contribution in [2.45, 2.75) is 6.18 Å². The molecule has 4 rings (SSSR count). The Labute approximate surface area is 182 Å². The fourth-order valence-corrected chi connectivity index (χ4v) is 2.96. The summed E-state index contributed by atoms with van der Waals surface area (Å²) in [5, 5.41) is 7.70. The highest BCUT2D eigenvalue weighted by Crippen LogP contribution is 2.32. The fraction of sp³-hybridized carbons (Fsp3) is 0.0476. The van der Waals surface area contributed by atoms with Gasteiger partial charge in [0.05, 0.1) is 11.3 Å². The molecule has 0 fully saturated rings. The van der Waals surface area contributed by atoms with E-state index in [0.29, 0.717) is 29.5 Å². The number of anilines is 4. The molecule has 0 aliphatic carbocycles. The van der Waals surface area contributed by atoms with Gasteiger partial charge < -0.3 is 20.9 Å². The molecule has 2 aromatic carbocycles. The topological polar surface area (TPSA) is 112 Å². The quantitative estimate of drug-likeness (QED) is 0.326. The molecule has 0 aliphatic rings. The number of benzene rings is 2. The second-order valence-corrected chi connectivity index (χ2v) is 6.76. The molecule has 4 aromatic rings. The van der Waals surface area contributed by atoms with Crippen LogP contribution in [0.5, 0.6) is 0 Å². The molecule has 168 valence electrons. The van der Waals surface area contributed by atoms with E-state index in [1.54, 1.807) is 12.1 Å². The number of hydrogen-bond donors (Lipinski definition) is 4. The SMILES string of the molecule is O=C(Nc1ccc(Nc2ncnc3[nH]ccc(=O)c23)cc1)Nc1cc(C(F)(F)F)ccc1F. The van der Waals surface area contributed by atoms with Gasteiger partial charge >= 0.3 is 12.2 Å².